The van der Waals surface area contributed by atoms with Crippen molar-refractivity contribution in [2.24, 2.45) is 14.1 Å². The lowest BCUT2D eigenvalue weighted by Gasteiger charge is -2.36. The Morgan fingerprint density at radius 2 is 1.02 bits per heavy atom. The van der Waals surface area contributed by atoms with Crippen LogP contribution in [0.1, 0.15) is 73.4 Å². The van der Waals surface area contributed by atoms with E-state index in [2.05, 4.69) is 35.9 Å². The second-order valence-electron chi connectivity index (χ2n) is 16.4. The number of ether oxygens (including phenoxy) is 1. The van der Waals surface area contributed by atoms with Crippen molar-refractivity contribution in [3.8, 4) is 22.8 Å². The number of carbonyl (C=O) groups excluding carboxylic acids is 5. The fourth-order valence-electron chi connectivity index (χ4n) is 7.69. The number of piperazine rings is 2. The van der Waals surface area contributed by atoms with Crippen LogP contribution in [0.4, 0.5) is 16.2 Å². The predicted octanol–water partition coefficient (Wildman–Crippen LogP) is 2.19. The van der Waals surface area contributed by atoms with E-state index in [1.165, 1.54) is 13.8 Å². The largest absolute Gasteiger partial charge is 0.444 e. The third-order valence-corrected chi connectivity index (χ3v) is 11.0. The highest BCUT2D eigenvalue weighted by Crippen LogP contribution is 2.26. The van der Waals surface area contributed by atoms with Crippen LogP contribution in [0, 0.1) is 0 Å². The number of nitrogens with zero attached hydrogens (tertiary/aromatic N) is 9. The molecular formula is C43H60N12O8. The van der Waals surface area contributed by atoms with Crippen LogP contribution >= 0.6 is 0 Å². The summed E-state index contributed by atoms with van der Waals surface area (Å²) in [6.07, 6.45) is 0.604. The van der Waals surface area contributed by atoms with Gasteiger partial charge in [0.25, 0.3) is 11.8 Å². The van der Waals surface area contributed by atoms with Gasteiger partial charge in [0.15, 0.2) is 11.6 Å². The zero-order valence-corrected chi connectivity index (χ0v) is 35.0. The molecule has 4 aliphatic heterocycles. The average molecular weight is 873 g/mol. The Kier molecular flexibility index (Phi) is 14.8. The Labute approximate surface area is 366 Å². The van der Waals surface area contributed by atoms with Crippen LogP contribution < -0.4 is 37.1 Å². The molecule has 0 saturated carbocycles. The van der Waals surface area contributed by atoms with E-state index in [9.17, 15) is 33.6 Å². The molecule has 0 spiro atoms. The summed E-state index contributed by atoms with van der Waals surface area (Å²) in [5, 5.41) is 16.7. The summed E-state index contributed by atoms with van der Waals surface area (Å²) in [6, 6.07) is 14.0. The topological polar surface area (TPSA) is 220 Å². The van der Waals surface area contributed by atoms with Crippen LogP contribution in [0.15, 0.2) is 58.1 Å². The molecule has 5 amide bonds. The average Bonchev–Trinajstić information content (AvgIpc) is 3.70. The minimum Gasteiger partial charge on any atom is -0.444 e. The minimum atomic E-state index is -0.800. The van der Waals surface area contributed by atoms with Crippen molar-refractivity contribution in [1.29, 1.82) is 0 Å². The number of imide groups is 2. The summed E-state index contributed by atoms with van der Waals surface area (Å²) in [6.45, 7) is 11.9. The van der Waals surface area contributed by atoms with Crippen LogP contribution in [0.25, 0.3) is 22.8 Å². The quantitative estimate of drug-likeness (QED) is 0.237. The van der Waals surface area contributed by atoms with Gasteiger partial charge < -0.3 is 24.8 Å². The Bertz CT molecular complexity index is 2410. The fraction of sp³-hybridized carbons (Fsp3) is 0.512. The van der Waals surface area contributed by atoms with Crippen LogP contribution in [-0.2, 0) is 38.0 Å². The molecule has 2 aromatic heterocycles. The molecule has 0 bridgehead atoms. The number of hydrogen-bond donors (Lipinski definition) is 3. The number of anilines is 2. The molecule has 4 aliphatic rings. The predicted molar refractivity (Wildman–Crippen MR) is 237 cm³/mol. The van der Waals surface area contributed by atoms with Crippen molar-refractivity contribution in [3.63, 3.8) is 0 Å². The normalized spacial score (nSPS) is 19.2. The Morgan fingerprint density at radius 1 is 0.619 bits per heavy atom. The first-order valence-corrected chi connectivity index (χ1v) is 20.5. The second-order valence-corrected chi connectivity index (χ2v) is 16.4. The van der Waals surface area contributed by atoms with E-state index in [0.29, 0.717) is 37.8 Å². The number of piperidine rings is 2. The lowest BCUT2D eigenvalue weighted by atomic mass is 10.1. The second kappa shape index (κ2) is 19.6. The van der Waals surface area contributed by atoms with Gasteiger partial charge in [-0.25, -0.2) is 23.7 Å². The number of hydrogen-bond acceptors (Lipinski definition) is 13. The van der Waals surface area contributed by atoms with Gasteiger partial charge in [-0.05, 0) is 82.1 Å². The van der Waals surface area contributed by atoms with E-state index in [1.54, 1.807) is 19.0 Å². The molecule has 6 heterocycles. The monoisotopic (exact) mass is 872 g/mol. The molecule has 63 heavy (non-hydrogen) atoms. The van der Waals surface area contributed by atoms with Gasteiger partial charge in [-0.2, -0.15) is 0 Å². The summed E-state index contributed by atoms with van der Waals surface area (Å²) in [5.74, 6) is -0.708. The molecule has 4 fully saturated rings. The van der Waals surface area contributed by atoms with Crippen molar-refractivity contribution < 1.29 is 28.7 Å². The number of rotatable bonds is 6. The van der Waals surface area contributed by atoms with Crippen LogP contribution in [0.2, 0.25) is 0 Å². The third kappa shape index (κ3) is 10.6. The molecule has 3 N–H and O–H groups in total. The standard InChI is InChI=1S/C23H30N6O5.C18H22N6O3.2CH4/c1-23(2,3)34-22(33)28-13-11-27(12-14-28)16-7-5-15(6-8-16)19-25-29(21(32)26(19)4)17-9-10-18(30)24-20(17)31;1-22-16(12-2-4-13(5-3-12)23-10-8-19-9-11-23)21-24(18(22)27)14-6-7-15(25)20-17(14)26;;/h5-8,17H,9-14H2,1-4H3,(H,24,30,31);2-5,14,19H,6-11H2,1H3,(H,20,25,26);2*1H4. The summed E-state index contributed by atoms with van der Waals surface area (Å²) in [5.41, 5.74) is 2.38. The van der Waals surface area contributed by atoms with Gasteiger partial charge in [0.05, 0.1) is 0 Å². The summed E-state index contributed by atoms with van der Waals surface area (Å²) < 4.78 is 10.6. The zero-order valence-electron chi connectivity index (χ0n) is 35.0. The van der Waals surface area contributed by atoms with Crippen molar-refractivity contribution >= 4 is 41.1 Å². The van der Waals surface area contributed by atoms with E-state index in [4.69, 9.17) is 4.74 Å². The summed E-state index contributed by atoms with van der Waals surface area (Å²) in [4.78, 5) is 90.8. The van der Waals surface area contributed by atoms with Gasteiger partial charge in [0, 0.05) is 102 Å². The maximum Gasteiger partial charge on any atom is 0.410 e. The highest BCUT2D eigenvalue weighted by molar-refractivity contribution is 6.00. The maximum absolute atomic E-state index is 12.7. The van der Waals surface area contributed by atoms with Crippen LogP contribution in [-0.4, -0.2) is 121 Å². The Hall–Kier alpha value is -6.57. The van der Waals surface area contributed by atoms with Crippen molar-refractivity contribution in [1.82, 2.24) is 49.5 Å². The summed E-state index contributed by atoms with van der Waals surface area (Å²) in [7, 11) is 3.24. The molecule has 2 unspecified atom stereocenters. The molecule has 2 aromatic carbocycles. The van der Waals surface area contributed by atoms with E-state index >= 15 is 0 Å². The van der Waals surface area contributed by atoms with E-state index < -0.39 is 35.2 Å². The Balaban J connectivity index is 0.000000236. The zero-order chi connectivity index (χ0) is 43.6. The number of carbonyl (C=O) groups is 5. The number of nitrogens with one attached hydrogen (secondary N) is 3. The first kappa shape index (κ1) is 47.5. The van der Waals surface area contributed by atoms with Crippen molar-refractivity contribution in [3.05, 3.63) is 69.5 Å². The van der Waals surface area contributed by atoms with Gasteiger partial charge in [0.2, 0.25) is 11.8 Å². The van der Waals surface area contributed by atoms with E-state index in [1.807, 2.05) is 69.3 Å². The molecular weight excluding hydrogens is 813 g/mol. The lowest BCUT2D eigenvalue weighted by molar-refractivity contribution is -0.137. The highest BCUT2D eigenvalue weighted by Gasteiger charge is 2.33. The van der Waals surface area contributed by atoms with Gasteiger partial charge in [0.1, 0.15) is 17.7 Å². The minimum absolute atomic E-state index is 0. The fourth-order valence-corrected chi connectivity index (χ4v) is 7.69. The molecule has 0 radical (unpaired) electrons. The first-order valence-electron chi connectivity index (χ1n) is 20.5. The van der Waals surface area contributed by atoms with Crippen molar-refractivity contribution in [2.75, 3.05) is 62.2 Å². The molecule has 2 atom stereocenters. The van der Waals surface area contributed by atoms with Gasteiger partial charge in [-0.15, -0.1) is 10.2 Å². The van der Waals surface area contributed by atoms with E-state index in [0.717, 1.165) is 53.4 Å². The molecule has 340 valence electrons. The van der Waals surface area contributed by atoms with Crippen LogP contribution in [0.3, 0.4) is 0 Å². The molecule has 20 heteroatoms. The molecule has 4 saturated heterocycles. The molecule has 20 nitrogen and oxygen atoms in total. The molecule has 8 rings (SSSR count). The molecule has 0 aliphatic carbocycles. The SMILES string of the molecule is C.C.Cn1c(-c2ccc(N3CCN(C(=O)OC(C)(C)C)CC3)cc2)nn(C2CCC(=O)NC2=O)c1=O.Cn1c(-c2ccc(N3CCNCC3)cc2)nn(C2CCC(=O)NC2=O)c1=O. The third-order valence-electron chi connectivity index (χ3n) is 11.0. The van der Waals surface area contributed by atoms with Gasteiger partial charge in [-0.1, -0.05) is 14.9 Å². The highest BCUT2D eigenvalue weighted by atomic mass is 16.6. The van der Waals surface area contributed by atoms with Gasteiger partial charge >= 0.3 is 17.5 Å². The van der Waals surface area contributed by atoms with Gasteiger partial charge in [-0.3, -0.25) is 38.9 Å². The van der Waals surface area contributed by atoms with E-state index in [-0.39, 0.29) is 64.1 Å². The number of amides is 5. The lowest BCUT2D eigenvalue weighted by Crippen LogP contribution is -2.50. The number of aromatic nitrogens is 6. The first-order chi connectivity index (χ1) is 29.1. The van der Waals surface area contributed by atoms with Crippen LogP contribution in [0.5, 0.6) is 0 Å². The maximum atomic E-state index is 12.7. The number of benzene rings is 2. The molecule has 4 aromatic rings. The Morgan fingerprint density at radius 3 is 1.40 bits per heavy atom. The van der Waals surface area contributed by atoms with Crippen molar-refractivity contribution in [2.45, 2.75) is 79.0 Å². The summed E-state index contributed by atoms with van der Waals surface area (Å²) >= 11 is 0. The smallest absolute Gasteiger partial charge is 0.410 e.